The van der Waals surface area contributed by atoms with Gasteiger partial charge in [-0.3, -0.25) is 4.90 Å². The second kappa shape index (κ2) is 3.75. The highest BCUT2D eigenvalue weighted by molar-refractivity contribution is 4.85. The Labute approximate surface area is 75.3 Å². The highest BCUT2D eigenvalue weighted by atomic mass is 15.2. The number of nitrogens with one attached hydrogen (secondary N) is 1. The van der Waals surface area contributed by atoms with Gasteiger partial charge in [0.1, 0.15) is 0 Å². The summed E-state index contributed by atoms with van der Waals surface area (Å²) in [5, 5.41) is 3.56. The molecule has 0 spiro atoms. The second-order valence-electron chi connectivity index (χ2n) is 4.09. The van der Waals surface area contributed by atoms with Crippen LogP contribution in [0.1, 0.15) is 32.6 Å². The van der Waals surface area contributed by atoms with Crippen molar-refractivity contribution < 1.29 is 0 Å². The smallest absolute Gasteiger partial charge is 0.0110 e. The molecular weight excluding hydrogens is 148 g/mol. The molecule has 0 atom stereocenters. The van der Waals surface area contributed by atoms with Crippen molar-refractivity contribution in [2.24, 2.45) is 0 Å². The summed E-state index contributed by atoms with van der Waals surface area (Å²) >= 11 is 0. The van der Waals surface area contributed by atoms with Crippen LogP contribution in [-0.4, -0.2) is 36.6 Å². The largest absolute Gasteiger partial charge is 0.313 e. The summed E-state index contributed by atoms with van der Waals surface area (Å²) in [5.41, 5.74) is 0. The van der Waals surface area contributed by atoms with E-state index >= 15 is 0 Å². The minimum Gasteiger partial charge on any atom is -0.313 e. The van der Waals surface area contributed by atoms with Gasteiger partial charge >= 0.3 is 0 Å². The lowest BCUT2D eigenvalue weighted by Crippen LogP contribution is -2.34. The minimum atomic E-state index is 0.878. The number of likely N-dealkylation sites (N-methyl/N-ethyl adjacent to an activating group) is 1. The van der Waals surface area contributed by atoms with Crippen LogP contribution in [0.15, 0.2) is 0 Å². The van der Waals surface area contributed by atoms with E-state index in [1.54, 1.807) is 0 Å². The Balaban J connectivity index is 1.55. The zero-order chi connectivity index (χ0) is 8.39. The molecule has 70 valence electrons. The van der Waals surface area contributed by atoms with E-state index in [9.17, 15) is 0 Å². The van der Waals surface area contributed by atoms with Crippen molar-refractivity contribution in [3.63, 3.8) is 0 Å². The molecule has 0 aromatic rings. The van der Waals surface area contributed by atoms with Gasteiger partial charge < -0.3 is 5.32 Å². The fourth-order valence-corrected chi connectivity index (χ4v) is 1.74. The fraction of sp³-hybridized carbons (Fsp3) is 1.00. The molecule has 0 aromatic carbocycles. The van der Waals surface area contributed by atoms with Crippen LogP contribution in [0.2, 0.25) is 0 Å². The Morgan fingerprint density at radius 1 is 1.25 bits per heavy atom. The van der Waals surface area contributed by atoms with Crippen molar-refractivity contribution in [1.29, 1.82) is 0 Å². The van der Waals surface area contributed by atoms with Crippen LogP contribution in [0.5, 0.6) is 0 Å². The van der Waals surface area contributed by atoms with Crippen LogP contribution < -0.4 is 5.32 Å². The molecule has 2 nitrogen and oxygen atoms in total. The predicted molar refractivity (Wildman–Crippen MR) is 51.3 cm³/mol. The molecule has 2 heteroatoms. The number of rotatable bonds is 6. The van der Waals surface area contributed by atoms with Crippen LogP contribution >= 0.6 is 0 Å². The molecule has 0 heterocycles. The SMILES string of the molecule is CCN(CCNC1CC1)C1CC1. The normalized spacial score (nSPS) is 23.5. The molecule has 12 heavy (non-hydrogen) atoms. The first-order chi connectivity index (χ1) is 5.90. The average molecular weight is 168 g/mol. The van der Waals surface area contributed by atoms with E-state index in [1.165, 1.54) is 45.3 Å². The lowest BCUT2D eigenvalue weighted by molar-refractivity contribution is 0.277. The molecule has 0 aliphatic heterocycles. The monoisotopic (exact) mass is 168 g/mol. The molecule has 0 radical (unpaired) electrons. The number of hydrogen-bond donors (Lipinski definition) is 1. The van der Waals surface area contributed by atoms with Crippen LogP contribution in [-0.2, 0) is 0 Å². The molecule has 2 aliphatic carbocycles. The van der Waals surface area contributed by atoms with E-state index < -0.39 is 0 Å². The molecule has 2 aliphatic rings. The minimum absolute atomic E-state index is 0.878. The van der Waals surface area contributed by atoms with Gasteiger partial charge in [-0.15, -0.1) is 0 Å². The van der Waals surface area contributed by atoms with Crippen LogP contribution in [0.3, 0.4) is 0 Å². The van der Waals surface area contributed by atoms with Gasteiger partial charge in [-0.05, 0) is 32.2 Å². The molecule has 0 unspecified atom stereocenters. The van der Waals surface area contributed by atoms with E-state index in [1.807, 2.05) is 0 Å². The van der Waals surface area contributed by atoms with Crippen LogP contribution in [0.25, 0.3) is 0 Å². The Hall–Kier alpha value is -0.0800. The summed E-state index contributed by atoms with van der Waals surface area (Å²) in [4.78, 5) is 2.61. The third kappa shape index (κ3) is 2.46. The van der Waals surface area contributed by atoms with Gasteiger partial charge in [-0.1, -0.05) is 6.92 Å². The molecule has 1 N–H and O–H groups in total. The summed E-state index contributed by atoms with van der Waals surface area (Å²) in [6, 6.07) is 1.82. The third-order valence-corrected chi connectivity index (χ3v) is 2.88. The van der Waals surface area contributed by atoms with E-state index in [0.717, 1.165) is 12.1 Å². The summed E-state index contributed by atoms with van der Waals surface area (Å²) in [5.74, 6) is 0. The van der Waals surface area contributed by atoms with Gasteiger partial charge in [-0.25, -0.2) is 0 Å². The number of nitrogens with zero attached hydrogens (tertiary/aromatic N) is 1. The molecule has 0 bridgehead atoms. The van der Waals surface area contributed by atoms with Gasteiger partial charge in [0, 0.05) is 25.2 Å². The predicted octanol–water partition coefficient (Wildman–Crippen LogP) is 1.22. The quantitative estimate of drug-likeness (QED) is 0.641. The van der Waals surface area contributed by atoms with Crippen molar-refractivity contribution in [1.82, 2.24) is 10.2 Å². The topological polar surface area (TPSA) is 15.3 Å². The average Bonchev–Trinajstić information content (AvgIpc) is 2.87. The maximum atomic E-state index is 3.56. The van der Waals surface area contributed by atoms with E-state index in [4.69, 9.17) is 0 Å². The second-order valence-corrected chi connectivity index (χ2v) is 4.09. The zero-order valence-corrected chi connectivity index (χ0v) is 8.05. The third-order valence-electron chi connectivity index (χ3n) is 2.88. The Morgan fingerprint density at radius 3 is 2.50 bits per heavy atom. The van der Waals surface area contributed by atoms with E-state index in [-0.39, 0.29) is 0 Å². The summed E-state index contributed by atoms with van der Waals surface area (Å²) in [6.45, 7) is 5.97. The molecule has 0 saturated heterocycles. The summed E-state index contributed by atoms with van der Waals surface area (Å²) in [7, 11) is 0. The molecule has 2 fully saturated rings. The molecule has 0 amide bonds. The van der Waals surface area contributed by atoms with Crippen molar-refractivity contribution in [3.8, 4) is 0 Å². The maximum absolute atomic E-state index is 3.56. The Kier molecular flexibility index (Phi) is 2.66. The highest BCUT2D eigenvalue weighted by Gasteiger charge is 2.27. The first-order valence-electron chi connectivity index (χ1n) is 5.37. The Morgan fingerprint density at radius 2 is 2.00 bits per heavy atom. The van der Waals surface area contributed by atoms with E-state index in [2.05, 4.69) is 17.1 Å². The van der Waals surface area contributed by atoms with Gasteiger partial charge in [0.25, 0.3) is 0 Å². The lowest BCUT2D eigenvalue weighted by atomic mass is 10.4. The standard InChI is InChI=1S/C10H20N2/c1-2-12(10-5-6-10)8-7-11-9-3-4-9/h9-11H,2-8H2,1H3. The molecule has 2 rings (SSSR count). The molecule has 0 aromatic heterocycles. The van der Waals surface area contributed by atoms with Crippen molar-refractivity contribution in [2.45, 2.75) is 44.7 Å². The number of hydrogen-bond acceptors (Lipinski definition) is 2. The van der Waals surface area contributed by atoms with E-state index in [0.29, 0.717) is 0 Å². The van der Waals surface area contributed by atoms with Crippen LogP contribution in [0, 0.1) is 0 Å². The van der Waals surface area contributed by atoms with Gasteiger partial charge in [-0.2, -0.15) is 0 Å². The Bertz CT molecular complexity index is 139. The van der Waals surface area contributed by atoms with Gasteiger partial charge in [0.15, 0.2) is 0 Å². The van der Waals surface area contributed by atoms with Crippen LogP contribution in [0.4, 0.5) is 0 Å². The van der Waals surface area contributed by atoms with Crippen molar-refractivity contribution >= 4 is 0 Å². The maximum Gasteiger partial charge on any atom is 0.0110 e. The highest BCUT2D eigenvalue weighted by Crippen LogP contribution is 2.26. The van der Waals surface area contributed by atoms with Crippen molar-refractivity contribution in [2.75, 3.05) is 19.6 Å². The van der Waals surface area contributed by atoms with Gasteiger partial charge in [0.05, 0.1) is 0 Å². The van der Waals surface area contributed by atoms with Gasteiger partial charge in [0.2, 0.25) is 0 Å². The van der Waals surface area contributed by atoms with Crippen molar-refractivity contribution in [3.05, 3.63) is 0 Å². The first kappa shape index (κ1) is 8.52. The molecule has 2 saturated carbocycles. The first-order valence-corrected chi connectivity index (χ1v) is 5.37. The summed E-state index contributed by atoms with van der Waals surface area (Å²) < 4.78 is 0. The summed E-state index contributed by atoms with van der Waals surface area (Å²) in [6.07, 6.45) is 5.71. The lowest BCUT2D eigenvalue weighted by Gasteiger charge is -2.19. The molecular formula is C10H20N2. The fourth-order valence-electron chi connectivity index (χ4n) is 1.74. The zero-order valence-electron chi connectivity index (χ0n) is 8.05.